The normalized spacial score (nSPS) is 10.7. The summed E-state index contributed by atoms with van der Waals surface area (Å²) in [5, 5.41) is 13.3. The lowest BCUT2D eigenvalue weighted by Crippen LogP contribution is -2.25. The second-order valence-electron chi connectivity index (χ2n) is 6.72. The summed E-state index contributed by atoms with van der Waals surface area (Å²) >= 11 is 0. The number of anilines is 1. The molecular weight excluding hydrogens is 386 g/mol. The molecule has 0 aliphatic heterocycles. The van der Waals surface area contributed by atoms with E-state index in [1.54, 1.807) is 31.4 Å². The van der Waals surface area contributed by atoms with Gasteiger partial charge < -0.3 is 19.6 Å². The number of rotatable bonds is 6. The number of aromatic nitrogens is 3. The molecule has 0 aliphatic rings. The van der Waals surface area contributed by atoms with Crippen LogP contribution in [0, 0.1) is 6.92 Å². The Hall–Kier alpha value is -4.14. The zero-order valence-corrected chi connectivity index (χ0v) is 16.4. The van der Waals surface area contributed by atoms with Crippen molar-refractivity contribution in [3.8, 4) is 11.3 Å². The molecule has 152 valence electrons. The predicted octanol–water partition coefficient (Wildman–Crippen LogP) is 3.16. The molecule has 3 aromatic heterocycles. The number of hydrogen-bond donors (Lipinski definition) is 2. The maximum Gasteiger partial charge on any atom is 0.277 e. The van der Waals surface area contributed by atoms with Gasteiger partial charge in [0.05, 0.1) is 18.5 Å². The highest BCUT2D eigenvalue weighted by molar-refractivity contribution is 6.07. The van der Waals surface area contributed by atoms with Crippen molar-refractivity contribution in [3.63, 3.8) is 0 Å². The summed E-state index contributed by atoms with van der Waals surface area (Å²) in [5.74, 6) is 0.131. The van der Waals surface area contributed by atoms with Crippen molar-refractivity contribution in [1.82, 2.24) is 20.3 Å². The van der Waals surface area contributed by atoms with E-state index in [0.717, 1.165) is 11.1 Å². The number of nitrogens with zero attached hydrogens (tertiary/aromatic N) is 3. The van der Waals surface area contributed by atoms with Gasteiger partial charge in [0, 0.05) is 24.9 Å². The van der Waals surface area contributed by atoms with Gasteiger partial charge in [0.1, 0.15) is 5.76 Å². The topological polar surface area (TPSA) is 115 Å². The van der Waals surface area contributed by atoms with Gasteiger partial charge in [-0.1, -0.05) is 35.0 Å². The Balaban J connectivity index is 1.47. The molecule has 0 atom stereocenters. The molecule has 9 nitrogen and oxygen atoms in total. The number of hydrogen-bond acceptors (Lipinski definition) is 6. The molecule has 0 unspecified atom stereocenters. The Bertz CT molecular complexity index is 1170. The van der Waals surface area contributed by atoms with Crippen molar-refractivity contribution in [1.29, 1.82) is 0 Å². The Labute approximate surface area is 171 Å². The Kier molecular flexibility index (Phi) is 5.17. The SMILES string of the molecule is Cc1ccc(-c2cc(C(=O)Nc3cn(C)nc3C(=O)NCc3ccco3)no2)cc1. The average Bonchev–Trinajstić information content (AvgIpc) is 3.48. The predicted molar refractivity (Wildman–Crippen MR) is 108 cm³/mol. The second-order valence-corrected chi connectivity index (χ2v) is 6.72. The minimum absolute atomic E-state index is 0.0830. The van der Waals surface area contributed by atoms with Gasteiger partial charge in [0.2, 0.25) is 0 Å². The van der Waals surface area contributed by atoms with Gasteiger partial charge in [-0.15, -0.1) is 0 Å². The zero-order chi connectivity index (χ0) is 21.1. The van der Waals surface area contributed by atoms with Crippen molar-refractivity contribution in [2.45, 2.75) is 13.5 Å². The Morgan fingerprint density at radius 2 is 1.93 bits per heavy atom. The van der Waals surface area contributed by atoms with Gasteiger partial charge in [-0.05, 0) is 19.1 Å². The van der Waals surface area contributed by atoms with E-state index in [1.807, 2.05) is 31.2 Å². The first-order valence-electron chi connectivity index (χ1n) is 9.19. The third kappa shape index (κ3) is 4.14. The summed E-state index contributed by atoms with van der Waals surface area (Å²) in [7, 11) is 1.66. The number of amides is 2. The lowest BCUT2D eigenvalue weighted by molar-refractivity contribution is 0.0943. The molecule has 2 amide bonds. The van der Waals surface area contributed by atoms with E-state index >= 15 is 0 Å². The van der Waals surface area contributed by atoms with E-state index in [2.05, 4.69) is 20.9 Å². The van der Waals surface area contributed by atoms with Crippen LogP contribution in [-0.2, 0) is 13.6 Å². The first-order valence-corrected chi connectivity index (χ1v) is 9.19. The summed E-state index contributed by atoms with van der Waals surface area (Å²) in [4.78, 5) is 25.1. The number of benzene rings is 1. The molecule has 0 saturated heterocycles. The number of carbonyl (C=O) groups is 2. The highest BCUT2D eigenvalue weighted by Crippen LogP contribution is 2.22. The number of furan rings is 1. The standard InChI is InChI=1S/C21H19N5O4/c1-13-5-7-14(8-6-13)18-10-16(25-30-18)20(27)23-17-12-26(2)24-19(17)21(28)22-11-15-4-3-9-29-15/h3-10,12H,11H2,1-2H3,(H,22,28)(H,23,27). The maximum absolute atomic E-state index is 12.6. The summed E-state index contributed by atoms with van der Waals surface area (Å²) in [6.45, 7) is 2.19. The van der Waals surface area contributed by atoms with Crippen molar-refractivity contribution in [3.05, 3.63) is 77.6 Å². The fourth-order valence-electron chi connectivity index (χ4n) is 2.83. The fraction of sp³-hybridized carbons (Fsp3) is 0.143. The quantitative estimate of drug-likeness (QED) is 0.509. The van der Waals surface area contributed by atoms with Crippen LogP contribution in [0.25, 0.3) is 11.3 Å². The smallest absolute Gasteiger partial charge is 0.277 e. The van der Waals surface area contributed by atoms with E-state index in [-0.39, 0.29) is 23.6 Å². The van der Waals surface area contributed by atoms with Gasteiger partial charge in [-0.3, -0.25) is 14.3 Å². The molecule has 3 heterocycles. The van der Waals surface area contributed by atoms with Gasteiger partial charge in [-0.25, -0.2) is 0 Å². The molecule has 9 heteroatoms. The van der Waals surface area contributed by atoms with E-state index in [4.69, 9.17) is 8.94 Å². The lowest BCUT2D eigenvalue weighted by Gasteiger charge is -2.04. The molecule has 0 saturated carbocycles. The zero-order valence-electron chi connectivity index (χ0n) is 16.4. The first-order chi connectivity index (χ1) is 14.5. The van der Waals surface area contributed by atoms with E-state index in [1.165, 1.54) is 10.9 Å². The molecule has 4 aromatic rings. The van der Waals surface area contributed by atoms with E-state index in [9.17, 15) is 9.59 Å². The van der Waals surface area contributed by atoms with Crippen LogP contribution >= 0.6 is 0 Å². The summed E-state index contributed by atoms with van der Waals surface area (Å²) in [5.41, 5.74) is 2.37. The van der Waals surface area contributed by atoms with Crippen molar-refractivity contribution in [2.24, 2.45) is 7.05 Å². The number of carbonyl (C=O) groups excluding carboxylic acids is 2. The molecule has 0 fully saturated rings. The molecule has 4 rings (SSSR count). The number of aryl methyl sites for hydroxylation is 2. The fourth-order valence-corrected chi connectivity index (χ4v) is 2.83. The van der Waals surface area contributed by atoms with Gasteiger partial charge in [0.15, 0.2) is 17.1 Å². The average molecular weight is 405 g/mol. The third-order valence-electron chi connectivity index (χ3n) is 4.37. The van der Waals surface area contributed by atoms with Gasteiger partial charge >= 0.3 is 0 Å². The minimum atomic E-state index is -0.509. The van der Waals surface area contributed by atoms with Crippen LogP contribution in [0.15, 0.2) is 63.9 Å². The van der Waals surface area contributed by atoms with Gasteiger partial charge in [0.25, 0.3) is 11.8 Å². The Morgan fingerprint density at radius 3 is 2.67 bits per heavy atom. The summed E-state index contributed by atoms with van der Waals surface area (Å²) in [6.07, 6.45) is 3.07. The molecule has 0 spiro atoms. The van der Waals surface area contributed by atoms with Crippen LogP contribution in [0.5, 0.6) is 0 Å². The first kappa shape index (κ1) is 19.2. The molecule has 2 N–H and O–H groups in total. The van der Waals surface area contributed by atoms with E-state index in [0.29, 0.717) is 11.5 Å². The second kappa shape index (κ2) is 8.08. The molecule has 0 aliphatic carbocycles. The molecule has 0 radical (unpaired) electrons. The molecule has 30 heavy (non-hydrogen) atoms. The largest absolute Gasteiger partial charge is 0.467 e. The van der Waals surface area contributed by atoms with Crippen molar-refractivity contribution < 1.29 is 18.5 Å². The highest BCUT2D eigenvalue weighted by atomic mass is 16.5. The van der Waals surface area contributed by atoms with Crippen molar-refractivity contribution >= 4 is 17.5 Å². The van der Waals surface area contributed by atoms with Gasteiger partial charge in [-0.2, -0.15) is 5.10 Å². The van der Waals surface area contributed by atoms with Crippen LogP contribution in [0.4, 0.5) is 5.69 Å². The van der Waals surface area contributed by atoms with Crippen LogP contribution in [0.2, 0.25) is 0 Å². The highest BCUT2D eigenvalue weighted by Gasteiger charge is 2.21. The monoisotopic (exact) mass is 405 g/mol. The van der Waals surface area contributed by atoms with Crippen LogP contribution in [0.3, 0.4) is 0 Å². The van der Waals surface area contributed by atoms with E-state index < -0.39 is 11.8 Å². The third-order valence-corrected chi connectivity index (χ3v) is 4.37. The summed E-state index contributed by atoms with van der Waals surface area (Å²) < 4.78 is 11.9. The van der Waals surface area contributed by atoms with Crippen LogP contribution in [-0.4, -0.2) is 26.8 Å². The summed E-state index contributed by atoms with van der Waals surface area (Å²) in [6, 6.07) is 12.7. The lowest BCUT2D eigenvalue weighted by atomic mass is 10.1. The molecule has 1 aromatic carbocycles. The molecule has 0 bridgehead atoms. The minimum Gasteiger partial charge on any atom is -0.467 e. The molecular formula is C21H19N5O4. The Morgan fingerprint density at radius 1 is 1.13 bits per heavy atom. The van der Waals surface area contributed by atoms with Crippen LogP contribution < -0.4 is 10.6 Å². The van der Waals surface area contributed by atoms with Crippen molar-refractivity contribution in [2.75, 3.05) is 5.32 Å². The van der Waals surface area contributed by atoms with Crippen LogP contribution in [0.1, 0.15) is 32.3 Å². The number of nitrogens with one attached hydrogen (secondary N) is 2. The maximum atomic E-state index is 12.6.